The fraction of sp³-hybridized carbons (Fsp3) is 0. The summed E-state index contributed by atoms with van der Waals surface area (Å²) in [6.45, 7) is 0. The monoisotopic (exact) mass is 306 g/mol. The van der Waals surface area contributed by atoms with Crippen LogP contribution in [0.3, 0.4) is 0 Å². The maximum atomic E-state index is 13.1. The van der Waals surface area contributed by atoms with Crippen molar-refractivity contribution in [3.05, 3.63) is 47.2 Å². The van der Waals surface area contributed by atoms with Gasteiger partial charge in [0.25, 0.3) is 5.89 Å². The molecular weight excluding hydrogens is 299 g/mol. The van der Waals surface area contributed by atoms with Gasteiger partial charge in [-0.2, -0.15) is 4.98 Å². The molecule has 21 heavy (non-hydrogen) atoms. The Balaban J connectivity index is 2.03. The van der Waals surface area contributed by atoms with Gasteiger partial charge in [0.2, 0.25) is 5.82 Å². The quantitative estimate of drug-likeness (QED) is 0.707. The maximum absolute atomic E-state index is 13.1. The molecule has 5 nitrogen and oxygen atoms in total. The van der Waals surface area contributed by atoms with Crippen LogP contribution in [0.5, 0.6) is 11.5 Å². The minimum Gasteiger partial charge on any atom is -0.504 e. The number of aromatic nitrogens is 2. The summed E-state index contributed by atoms with van der Waals surface area (Å²) in [4.78, 5) is 4.09. The fourth-order valence-corrected chi connectivity index (χ4v) is 1.97. The number of hydrogen-bond donors (Lipinski definition) is 2. The molecule has 1 heterocycles. The van der Waals surface area contributed by atoms with E-state index in [1.165, 1.54) is 36.4 Å². The molecule has 0 bridgehead atoms. The maximum Gasteiger partial charge on any atom is 0.262 e. The molecule has 7 heteroatoms. The van der Waals surface area contributed by atoms with E-state index in [9.17, 15) is 14.6 Å². The van der Waals surface area contributed by atoms with Crippen molar-refractivity contribution in [2.24, 2.45) is 0 Å². The second-order valence-corrected chi connectivity index (χ2v) is 4.63. The largest absolute Gasteiger partial charge is 0.504 e. The molecule has 2 N–H and O–H groups in total. The molecule has 0 radical (unpaired) electrons. The zero-order valence-electron chi connectivity index (χ0n) is 10.4. The highest BCUT2D eigenvalue weighted by Gasteiger charge is 2.16. The number of nitrogens with zero attached hydrogens (tertiary/aromatic N) is 2. The van der Waals surface area contributed by atoms with Crippen molar-refractivity contribution < 1.29 is 19.1 Å². The van der Waals surface area contributed by atoms with Crippen LogP contribution in [0.1, 0.15) is 0 Å². The van der Waals surface area contributed by atoms with E-state index in [0.717, 1.165) is 0 Å². The number of rotatable bonds is 2. The van der Waals surface area contributed by atoms with Crippen LogP contribution in [-0.4, -0.2) is 20.4 Å². The van der Waals surface area contributed by atoms with Crippen molar-refractivity contribution >= 4 is 11.6 Å². The molecular formula is C14H8ClFN2O3. The summed E-state index contributed by atoms with van der Waals surface area (Å²) < 4.78 is 18.2. The second kappa shape index (κ2) is 5.06. The van der Waals surface area contributed by atoms with E-state index in [-0.39, 0.29) is 33.8 Å². The van der Waals surface area contributed by atoms with Gasteiger partial charge in [0.05, 0.1) is 10.6 Å². The van der Waals surface area contributed by atoms with Gasteiger partial charge in [-0.25, -0.2) is 4.39 Å². The molecule has 3 rings (SSSR count). The topological polar surface area (TPSA) is 79.4 Å². The molecule has 0 spiro atoms. The predicted molar refractivity (Wildman–Crippen MR) is 73.5 cm³/mol. The predicted octanol–water partition coefficient (Wildman–Crippen LogP) is 3.61. The van der Waals surface area contributed by atoms with Gasteiger partial charge in [-0.05, 0) is 30.3 Å². The van der Waals surface area contributed by atoms with Crippen LogP contribution < -0.4 is 0 Å². The van der Waals surface area contributed by atoms with Crippen molar-refractivity contribution in [3.8, 4) is 34.3 Å². The number of phenolic OH excluding ortho intramolecular Hbond substituents is 2. The van der Waals surface area contributed by atoms with Gasteiger partial charge < -0.3 is 14.7 Å². The van der Waals surface area contributed by atoms with Crippen molar-refractivity contribution in [2.75, 3.05) is 0 Å². The highest BCUT2D eigenvalue weighted by atomic mass is 35.5. The number of halogens is 2. The summed E-state index contributed by atoms with van der Waals surface area (Å²) >= 11 is 5.70. The molecule has 0 amide bonds. The van der Waals surface area contributed by atoms with Gasteiger partial charge >= 0.3 is 0 Å². The average molecular weight is 307 g/mol. The van der Waals surface area contributed by atoms with Gasteiger partial charge in [-0.1, -0.05) is 22.8 Å². The van der Waals surface area contributed by atoms with E-state index in [1.807, 2.05) is 0 Å². The average Bonchev–Trinajstić information content (AvgIpc) is 2.94. The molecule has 0 saturated carbocycles. The Bertz CT molecular complexity index is 820. The Morgan fingerprint density at radius 3 is 2.71 bits per heavy atom. The molecule has 0 saturated heterocycles. The molecule has 2 aromatic carbocycles. The minimum atomic E-state index is -0.547. The van der Waals surface area contributed by atoms with Crippen molar-refractivity contribution in [1.29, 1.82) is 0 Å². The van der Waals surface area contributed by atoms with Gasteiger partial charge in [-0.3, -0.25) is 0 Å². The van der Waals surface area contributed by atoms with Crippen LogP contribution in [0.15, 0.2) is 40.9 Å². The molecule has 0 aliphatic rings. The fourth-order valence-electron chi connectivity index (χ4n) is 1.79. The highest BCUT2D eigenvalue weighted by molar-refractivity contribution is 6.31. The van der Waals surface area contributed by atoms with Crippen molar-refractivity contribution in [1.82, 2.24) is 10.1 Å². The Morgan fingerprint density at radius 1 is 1.14 bits per heavy atom. The lowest BCUT2D eigenvalue weighted by atomic mass is 10.2. The number of hydrogen-bond acceptors (Lipinski definition) is 5. The summed E-state index contributed by atoms with van der Waals surface area (Å²) in [7, 11) is 0. The summed E-state index contributed by atoms with van der Waals surface area (Å²) in [6, 6.07) is 8.40. The van der Waals surface area contributed by atoms with E-state index < -0.39 is 5.82 Å². The van der Waals surface area contributed by atoms with Crippen LogP contribution in [0.25, 0.3) is 22.8 Å². The molecule has 0 unspecified atom stereocenters. The molecule has 3 aromatic rings. The standard InChI is InChI=1S/C14H8ClFN2O3/c15-9-6-7(4-5-10(9)16)13-17-14(21-18-13)8-2-1-3-11(19)12(8)20/h1-6,19-20H. The van der Waals surface area contributed by atoms with Gasteiger partial charge in [0, 0.05) is 5.56 Å². The Kier molecular flexibility index (Phi) is 3.23. The number of aromatic hydroxyl groups is 2. The van der Waals surface area contributed by atoms with Crippen LogP contribution in [0.4, 0.5) is 4.39 Å². The number of benzene rings is 2. The first-order valence-corrected chi connectivity index (χ1v) is 6.24. The lowest BCUT2D eigenvalue weighted by Crippen LogP contribution is -1.84. The Hall–Kier alpha value is -2.60. The Labute approximate surface area is 123 Å². The van der Waals surface area contributed by atoms with Crippen LogP contribution >= 0.6 is 11.6 Å². The summed E-state index contributed by atoms with van der Waals surface area (Å²) in [5, 5.41) is 22.9. The number of para-hydroxylation sites is 1. The summed E-state index contributed by atoms with van der Waals surface area (Å²) in [6.07, 6.45) is 0. The zero-order chi connectivity index (χ0) is 15.0. The van der Waals surface area contributed by atoms with Gasteiger partial charge in [0.15, 0.2) is 11.5 Å². The Morgan fingerprint density at radius 2 is 1.95 bits per heavy atom. The van der Waals surface area contributed by atoms with Crippen LogP contribution in [0, 0.1) is 5.82 Å². The van der Waals surface area contributed by atoms with E-state index >= 15 is 0 Å². The lowest BCUT2D eigenvalue weighted by Gasteiger charge is -2.00. The van der Waals surface area contributed by atoms with Gasteiger partial charge in [0.1, 0.15) is 5.82 Å². The zero-order valence-corrected chi connectivity index (χ0v) is 11.2. The normalized spacial score (nSPS) is 10.8. The number of phenols is 2. The SMILES string of the molecule is Oc1cccc(-c2nc(-c3ccc(F)c(Cl)c3)no2)c1O. The highest BCUT2D eigenvalue weighted by Crippen LogP contribution is 2.36. The van der Waals surface area contributed by atoms with E-state index in [0.29, 0.717) is 5.56 Å². The van der Waals surface area contributed by atoms with Crippen molar-refractivity contribution in [3.63, 3.8) is 0 Å². The van der Waals surface area contributed by atoms with Crippen molar-refractivity contribution in [2.45, 2.75) is 0 Å². The first-order chi connectivity index (χ1) is 10.1. The smallest absolute Gasteiger partial charge is 0.262 e. The third kappa shape index (κ3) is 2.41. The first kappa shape index (κ1) is 13.4. The minimum absolute atomic E-state index is 0.0267. The summed E-state index contributed by atoms with van der Waals surface area (Å²) in [5.74, 6) is -0.981. The molecule has 0 aliphatic heterocycles. The van der Waals surface area contributed by atoms with Crippen LogP contribution in [-0.2, 0) is 0 Å². The lowest BCUT2D eigenvalue weighted by molar-refractivity contribution is 0.397. The molecule has 106 valence electrons. The van der Waals surface area contributed by atoms with E-state index in [1.54, 1.807) is 0 Å². The molecule has 0 fully saturated rings. The first-order valence-electron chi connectivity index (χ1n) is 5.86. The van der Waals surface area contributed by atoms with E-state index in [4.69, 9.17) is 16.1 Å². The van der Waals surface area contributed by atoms with Gasteiger partial charge in [-0.15, -0.1) is 0 Å². The third-order valence-electron chi connectivity index (χ3n) is 2.85. The third-order valence-corrected chi connectivity index (χ3v) is 3.14. The molecule has 0 aliphatic carbocycles. The molecule has 1 aromatic heterocycles. The molecule has 0 atom stereocenters. The van der Waals surface area contributed by atoms with Crippen LogP contribution in [0.2, 0.25) is 5.02 Å². The second-order valence-electron chi connectivity index (χ2n) is 4.23. The van der Waals surface area contributed by atoms with E-state index in [2.05, 4.69) is 10.1 Å². The summed E-state index contributed by atoms with van der Waals surface area (Å²) in [5.41, 5.74) is 0.665.